The zero-order chi connectivity index (χ0) is 12.9. The number of aliphatic hydroxyl groups excluding tert-OH is 4. The summed E-state index contributed by atoms with van der Waals surface area (Å²) in [5, 5.41) is 35.2. The lowest BCUT2D eigenvalue weighted by Gasteiger charge is -2.20. The van der Waals surface area contributed by atoms with Crippen LogP contribution < -0.4 is 0 Å². The quantitative estimate of drug-likeness (QED) is 0.341. The van der Waals surface area contributed by atoms with E-state index in [0.29, 0.717) is 32.7 Å². The molecule has 0 saturated heterocycles. The molecule has 0 spiro atoms. The van der Waals surface area contributed by atoms with E-state index in [1.165, 1.54) is 0 Å². The van der Waals surface area contributed by atoms with Gasteiger partial charge in [-0.15, -0.1) is 0 Å². The molecule has 0 amide bonds. The highest BCUT2D eigenvalue weighted by Crippen LogP contribution is 1.92. The van der Waals surface area contributed by atoms with Gasteiger partial charge >= 0.3 is 0 Å². The van der Waals surface area contributed by atoms with Crippen LogP contribution in [-0.2, 0) is 0 Å². The van der Waals surface area contributed by atoms with Crippen LogP contribution in [0.3, 0.4) is 0 Å². The third kappa shape index (κ3) is 9.08. The first kappa shape index (κ1) is 16.3. The molecule has 0 heterocycles. The van der Waals surface area contributed by atoms with Gasteiger partial charge in [0.25, 0.3) is 0 Å². The number of rotatable bonds is 11. The molecule has 0 aliphatic carbocycles. The number of hydrogen-bond donors (Lipinski definition) is 4. The van der Waals surface area contributed by atoms with Crippen molar-refractivity contribution in [2.75, 3.05) is 59.2 Å². The van der Waals surface area contributed by atoms with Gasteiger partial charge in [-0.2, -0.15) is 0 Å². The second-order valence-electron chi connectivity index (χ2n) is 3.62. The summed E-state index contributed by atoms with van der Waals surface area (Å²) in [6, 6.07) is 0. The van der Waals surface area contributed by atoms with E-state index in [4.69, 9.17) is 20.4 Å². The molecule has 0 aliphatic heterocycles. The number of aliphatic hydroxyl groups is 4. The van der Waals surface area contributed by atoms with Crippen LogP contribution in [-0.4, -0.2) is 89.4 Å². The smallest absolute Gasteiger partial charge is 0.0606 e. The van der Waals surface area contributed by atoms with Gasteiger partial charge in [0.1, 0.15) is 0 Å². The molecule has 17 heavy (non-hydrogen) atoms. The Bertz CT molecular complexity index is 178. The Balaban J connectivity index is 3.99. The molecule has 0 fully saturated rings. The van der Waals surface area contributed by atoms with Gasteiger partial charge in [-0.25, -0.2) is 0 Å². The number of nitrogens with zero attached hydrogens (tertiary/aromatic N) is 2. The van der Waals surface area contributed by atoms with E-state index in [0.717, 1.165) is 0 Å². The normalized spacial score (nSPS) is 11.6. The molecular weight excluding hydrogens is 224 g/mol. The molecule has 0 atom stereocenters. The molecule has 4 N–H and O–H groups in total. The zero-order valence-electron chi connectivity index (χ0n) is 10.2. The summed E-state index contributed by atoms with van der Waals surface area (Å²) in [5.74, 6) is 0. The van der Waals surface area contributed by atoms with Gasteiger partial charge in [-0.3, -0.25) is 4.90 Å². The van der Waals surface area contributed by atoms with Crippen molar-refractivity contribution in [3.8, 4) is 0 Å². The third-order valence-corrected chi connectivity index (χ3v) is 2.29. The van der Waals surface area contributed by atoms with E-state index in [1.54, 1.807) is 0 Å². The second-order valence-corrected chi connectivity index (χ2v) is 3.62. The Morgan fingerprint density at radius 2 is 1.18 bits per heavy atom. The van der Waals surface area contributed by atoms with Crippen molar-refractivity contribution < 1.29 is 20.4 Å². The minimum Gasteiger partial charge on any atom is -0.395 e. The molecule has 0 aromatic carbocycles. The maximum Gasteiger partial charge on any atom is 0.0606 e. The molecule has 6 nitrogen and oxygen atoms in total. The zero-order valence-corrected chi connectivity index (χ0v) is 10.2. The maximum atomic E-state index is 8.82. The minimum atomic E-state index is 0.0430. The van der Waals surface area contributed by atoms with Crippen molar-refractivity contribution >= 4 is 0 Å². The summed E-state index contributed by atoms with van der Waals surface area (Å²) in [5.41, 5.74) is 0. The van der Waals surface area contributed by atoms with Gasteiger partial charge in [0.05, 0.1) is 26.4 Å². The fourth-order valence-electron chi connectivity index (χ4n) is 1.44. The van der Waals surface area contributed by atoms with Crippen LogP contribution in [0.5, 0.6) is 0 Å². The summed E-state index contributed by atoms with van der Waals surface area (Å²) in [4.78, 5) is 3.72. The second kappa shape index (κ2) is 11.8. The lowest BCUT2D eigenvalue weighted by atomic mass is 10.4. The summed E-state index contributed by atoms with van der Waals surface area (Å²) in [6.45, 7) is 2.83. The molecule has 0 aromatic rings. The SMILES string of the molecule is OCCN(/C=C/CN(CCO)CCO)CCO. The summed E-state index contributed by atoms with van der Waals surface area (Å²) < 4.78 is 0. The van der Waals surface area contributed by atoms with Crippen LogP contribution in [0.4, 0.5) is 0 Å². The van der Waals surface area contributed by atoms with E-state index < -0.39 is 0 Å². The predicted molar refractivity (Wildman–Crippen MR) is 65.5 cm³/mol. The van der Waals surface area contributed by atoms with Gasteiger partial charge < -0.3 is 25.3 Å². The highest BCUT2D eigenvalue weighted by atomic mass is 16.3. The van der Waals surface area contributed by atoms with Gasteiger partial charge in [-0.05, 0) is 6.20 Å². The van der Waals surface area contributed by atoms with Gasteiger partial charge in [0.2, 0.25) is 0 Å². The van der Waals surface area contributed by atoms with E-state index in [-0.39, 0.29) is 26.4 Å². The molecule has 0 bridgehead atoms. The third-order valence-electron chi connectivity index (χ3n) is 2.29. The van der Waals surface area contributed by atoms with Crippen LogP contribution in [0.15, 0.2) is 12.3 Å². The van der Waals surface area contributed by atoms with Crippen molar-refractivity contribution in [1.29, 1.82) is 0 Å². The molecule has 0 unspecified atom stereocenters. The first-order chi connectivity index (χ1) is 8.28. The van der Waals surface area contributed by atoms with Crippen molar-refractivity contribution in [2.45, 2.75) is 0 Å². The van der Waals surface area contributed by atoms with Crippen molar-refractivity contribution in [1.82, 2.24) is 9.80 Å². The largest absolute Gasteiger partial charge is 0.395 e. The molecule has 0 aliphatic rings. The summed E-state index contributed by atoms with van der Waals surface area (Å²) in [6.07, 6.45) is 3.70. The highest BCUT2D eigenvalue weighted by Gasteiger charge is 2.01. The van der Waals surface area contributed by atoms with Crippen LogP contribution in [0.25, 0.3) is 0 Å². The van der Waals surface area contributed by atoms with Crippen LogP contribution in [0.1, 0.15) is 0 Å². The molecule has 0 rings (SSSR count). The number of hydrogen-bond acceptors (Lipinski definition) is 6. The summed E-state index contributed by atoms with van der Waals surface area (Å²) >= 11 is 0. The van der Waals surface area contributed by atoms with E-state index in [1.807, 2.05) is 22.1 Å². The maximum absolute atomic E-state index is 8.82. The fraction of sp³-hybridized carbons (Fsp3) is 0.818. The Kier molecular flexibility index (Phi) is 11.4. The Labute approximate surface area is 102 Å². The molecule has 0 radical (unpaired) electrons. The average molecular weight is 248 g/mol. The topological polar surface area (TPSA) is 87.4 Å². The van der Waals surface area contributed by atoms with E-state index in [9.17, 15) is 0 Å². The van der Waals surface area contributed by atoms with Crippen LogP contribution in [0.2, 0.25) is 0 Å². The Morgan fingerprint density at radius 1 is 0.706 bits per heavy atom. The van der Waals surface area contributed by atoms with Crippen LogP contribution >= 0.6 is 0 Å². The van der Waals surface area contributed by atoms with Gasteiger partial charge in [0, 0.05) is 32.7 Å². The van der Waals surface area contributed by atoms with Crippen LogP contribution in [0, 0.1) is 0 Å². The minimum absolute atomic E-state index is 0.0430. The first-order valence-corrected chi connectivity index (χ1v) is 5.85. The molecule has 0 aromatic heterocycles. The lowest BCUT2D eigenvalue weighted by Crippen LogP contribution is -2.30. The van der Waals surface area contributed by atoms with Gasteiger partial charge in [0.15, 0.2) is 0 Å². The Hall–Kier alpha value is -0.660. The van der Waals surface area contributed by atoms with Crippen molar-refractivity contribution in [3.05, 3.63) is 12.3 Å². The monoisotopic (exact) mass is 248 g/mol. The summed E-state index contributed by atoms with van der Waals surface area (Å²) in [7, 11) is 0. The predicted octanol–water partition coefficient (Wildman–Crippen LogP) is -1.93. The van der Waals surface area contributed by atoms with Crippen molar-refractivity contribution in [2.24, 2.45) is 0 Å². The molecular formula is C11H24N2O4. The highest BCUT2D eigenvalue weighted by molar-refractivity contribution is 4.85. The first-order valence-electron chi connectivity index (χ1n) is 5.85. The Morgan fingerprint density at radius 3 is 1.59 bits per heavy atom. The van der Waals surface area contributed by atoms with Crippen molar-refractivity contribution in [3.63, 3.8) is 0 Å². The molecule has 102 valence electrons. The average Bonchev–Trinajstić information content (AvgIpc) is 2.30. The molecule has 6 heteroatoms. The molecule has 0 saturated carbocycles. The standard InChI is InChI=1S/C11H24N2O4/c14-8-4-12(5-9-15)2-1-3-13(6-10-16)7-11-17/h1-2,14-17H,3-11H2/b2-1+. The van der Waals surface area contributed by atoms with E-state index >= 15 is 0 Å². The van der Waals surface area contributed by atoms with Gasteiger partial charge in [-0.1, -0.05) is 6.08 Å². The lowest BCUT2D eigenvalue weighted by molar-refractivity contribution is 0.171. The van der Waals surface area contributed by atoms with E-state index in [2.05, 4.69) is 0 Å². The fourth-order valence-corrected chi connectivity index (χ4v) is 1.44.